The average Bonchev–Trinajstić information content (AvgIpc) is 2.59. The van der Waals surface area contributed by atoms with Crippen LogP contribution in [-0.2, 0) is 0 Å². The first-order chi connectivity index (χ1) is 11.0. The zero-order valence-electron chi connectivity index (χ0n) is 13.0. The predicted octanol–water partition coefficient (Wildman–Crippen LogP) is 2.64. The Bertz CT molecular complexity index is 751. The summed E-state index contributed by atoms with van der Waals surface area (Å²) < 4.78 is 15.3. The minimum Gasteiger partial charge on any atom is -0.497 e. The van der Waals surface area contributed by atoms with E-state index in [4.69, 9.17) is 14.2 Å². The highest BCUT2D eigenvalue weighted by Crippen LogP contribution is 2.29. The molecular weight excluding hydrogens is 300 g/mol. The lowest BCUT2D eigenvalue weighted by atomic mass is 9.97. The molecule has 0 bridgehead atoms. The van der Waals surface area contributed by atoms with Crippen molar-refractivity contribution in [3.8, 4) is 17.2 Å². The average molecular weight is 316 g/mol. The minimum atomic E-state index is -1.20. The van der Waals surface area contributed by atoms with Crippen LogP contribution in [0.25, 0.3) is 0 Å². The Hall–Kier alpha value is -3.02. The van der Waals surface area contributed by atoms with Crippen molar-refractivity contribution in [2.24, 2.45) is 0 Å². The smallest absolute Gasteiger partial charge is 0.336 e. The summed E-state index contributed by atoms with van der Waals surface area (Å²) in [5.74, 6) is -0.383. The number of carboxylic acid groups (broad SMARTS) is 1. The van der Waals surface area contributed by atoms with Crippen LogP contribution in [0.5, 0.6) is 17.2 Å². The molecule has 0 fully saturated rings. The fraction of sp³-hybridized carbons (Fsp3) is 0.176. The molecular formula is C17H16O6. The molecule has 0 atom stereocenters. The fourth-order valence-corrected chi connectivity index (χ4v) is 2.16. The molecule has 2 aromatic rings. The van der Waals surface area contributed by atoms with Crippen LogP contribution >= 0.6 is 0 Å². The Morgan fingerprint density at radius 3 is 2.09 bits per heavy atom. The van der Waals surface area contributed by atoms with Crippen LogP contribution in [0.2, 0.25) is 0 Å². The molecule has 23 heavy (non-hydrogen) atoms. The molecule has 2 aromatic carbocycles. The van der Waals surface area contributed by atoms with E-state index in [1.807, 2.05) is 0 Å². The van der Waals surface area contributed by atoms with Gasteiger partial charge in [0.15, 0.2) is 17.3 Å². The van der Waals surface area contributed by atoms with E-state index in [9.17, 15) is 14.7 Å². The van der Waals surface area contributed by atoms with Gasteiger partial charge in [-0.1, -0.05) is 0 Å². The van der Waals surface area contributed by atoms with Gasteiger partial charge >= 0.3 is 5.97 Å². The van der Waals surface area contributed by atoms with Crippen LogP contribution in [0.4, 0.5) is 0 Å². The van der Waals surface area contributed by atoms with Gasteiger partial charge in [0.05, 0.1) is 26.9 Å². The summed E-state index contributed by atoms with van der Waals surface area (Å²) in [7, 11) is 4.38. The molecule has 6 nitrogen and oxygen atoms in total. The van der Waals surface area contributed by atoms with Crippen LogP contribution < -0.4 is 14.2 Å². The molecule has 0 aliphatic rings. The quantitative estimate of drug-likeness (QED) is 0.825. The number of rotatable bonds is 6. The lowest BCUT2D eigenvalue weighted by Gasteiger charge is -2.11. The Balaban J connectivity index is 2.50. The van der Waals surface area contributed by atoms with Gasteiger partial charge in [-0.15, -0.1) is 0 Å². The normalized spacial score (nSPS) is 10.0. The molecule has 0 saturated heterocycles. The van der Waals surface area contributed by atoms with Gasteiger partial charge in [0.1, 0.15) is 5.75 Å². The van der Waals surface area contributed by atoms with Crippen LogP contribution in [0.1, 0.15) is 26.3 Å². The van der Waals surface area contributed by atoms with E-state index in [1.165, 1.54) is 39.5 Å². The number of hydrogen-bond donors (Lipinski definition) is 1. The topological polar surface area (TPSA) is 82.1 Å². The van der Waals surface area contributed by atoms with Gasteiger partial charge < -0.3 is 19.3 Å². The second kappa shape index (κ2) is 6.83. The highest BCUT2D eigenvalue weighted by Gasteiger charge is 2.20. The Morgan fingerprint density at radius 1 is 0.826 bits per heavy atom. The van der Waals surface area contributed by atoms with E-state index in [-0.39, 0.29) is 11.1 Å². The summed E-state index contributed by atoms with van der Waals surface area (Å²) in [6, 6.07) is 8.95. The number of hydrogen-bond acceptors (Lipinski definition) is 5. The summed E-state index contributed by atoms with van der Waals surface area (Å²) in [5.41, 5.74) is 0.255. The Morgan fingerprint density at radius 2 is 1.52 bits per heavy atom. The van der Waals surface area contributed by atoms with Crippen LogP contribution in [0, 0.1) is 0 Å². The third-order valence-corrected chi connectivity index (χ3v) is 3.35. The van der Waals surface area contributed by atoms with Crippen LogP contribution in [-0.4, -0.2) is 38.2 Å². The molecule has 0 amide bonds. The van der Waals surface area contributed by atoms with Gasteiger partial charge in [-0.2, -0.15) is 0 Å². The molecule has 0 heterocycles. The molecule has 0 saturated carbocycles. The monoisotopic (exact) mass is 316 g/mol. The van der Waals surface area contributed by atoms with Crippen molar-refractivity contribution < 1.29 is 28.9 Å². The van der Waals surface area contributed by atoms with Gasteiger partial charge in [-0.25, -0.2) is 4.79 Å². The van der Waals surface area contributed by atoms with Gasteiger partial charge in [-0.3, -0.25) is 4.79 Å². The lowest BCUT2D eigenvalue weighted by Crippen LogP contribution is -2.10. The van der Waals surface area contributed by atoms with Crippen molar-refractivity contribution in [3.05, 3.63) is 53.1 Å². The highest BCUT2D eigenvalue weighted by molar-refractivity contribution is 6.14. The number of ether oxygens (including phenoxy) is 3. The van der Waals surface area contributed by atoms with E-state index in [0.29, 0.717) is 22.8 Å². The number of methoxy groups -OCH3 is 3. The molecule has 0 spiro atoms. The summed E-state index contributed by atoms with van der Waals surface area (Å²) in [5, 5.41) is 9.31. The van der Waals surface area contributed by atoms with Crippen LogP contribution in [0.3, 0.4) is 0 Å². The molecule has 0 unspecified atom stereocenters. The second-order valence-corrected chi connectivity index (χ2v) is 4.62. The van der Waals surface area contributed by atoms with Crippen molar-refractivity contribution in [2.45, 2.75) is 0 Å². The first kappa shape index (κ1) is 16.4. The first-order valence-electron chi connectivity index (χ1n) is 6.70. The van der Waals surface area contributed by atoms with Crippen molar-refractivity contribution in [1.29, 1.82) is 0 Å². The maximum Gasteiger partial charge on any atom is 0.336 e. The molecule has 0 radical (unpaired) electrons. The molecule has 120 valence electrons. The number of ketones is 1. The molecule has 0 aromatic heterocycles. The zero-order valence-corrected chi connectivity index (χ0v) is 13.0. The van der Waals surface area contributed by atoms with Gasteiger partial charge in [0, 0.05) is 11.1 Å². The number of carboxylic acids is 1. The summed E-state index contributed by atoms with van der Waals surface area (Å²) in [4.78, 5) is 24.0. The summed E-state index contributed by atoms with van der Waals surface area (Å²) in [6.07, 6.45) is 0. The lowest BCUT2D eigenvalue weighted by molar-refractivity contribution is 0.0692. The standard InChI is InChI=1S/C17H16O6/c1-21-11-5-6-12(13(9-11)17(19)20)16(18)10-4-7-14(22-2)15(8-10)23-3/h4-9H,1-3H3,(H,19,20). The number of carbonyl (C=O) groups is 2. The van der Waals surface area contributed by atoms with E-state index in [1.54, 1.807) is 18.2 Å². The molecule has 6 heteroatoms. The molecule has 1 N–H and O–H groups in total. The number of carbonyl (C=O) groups excluding carboxylic acids is 1. The SMILES string of the molecule is COc1ccc(C(=O)c2ccc(OC)c(OC)c2)c(C(=O)O)c1. The fourth-order valence-electron chi connectivity index (χ4n) is 2.16. The first-order valence-corrected chi connectivity index (χ1v) is 6.70. The van der Waals surface area contributed by atoms with E-state index in [2.05, 4.69) is 0 Å². The third kappa shape index (κ3) is 3.26. The van der Waals surface area contributed by atoms with Gasteiger partial charge in [0.25, 0.3) is 0 Å². The third-order valence-electron chi connectivity index (χ3n) is 3.35. The Labute approximate surface area is 133 Å². The zero-order chi connectivity index (χ0) is 17.0. The number of benzene rings is 2. The molecule has 0 aliphatic carbocycles. The van der Waals surface area contributed by atoms with Crippen molar-refractivity contribution in [1.82, 2.24) is 0 Å². The van der Waals surface area contributed by atoms with E-state index < -0.39 is 11.8 Å². The van der Waals surface area contributed by atoms with Crippen molar-refractivity contribution in [2.75, 3.05) is 21.3 Å². The largest absolute Gasteiger partial charge is 0.497 e. The van der Waals surface area contributed by atoms with Gasteiger partial charge in [0.2, 0.25) is 0 Å². The van der Waals surface area contributed by atoms with E-state index >= 15 is 0 Å². The Kier molecular flexibility index (Phi) is 4.85. The second-order valence-electron chi connectivity index (χ2n) is 4.62. The summed E-state index contributed by atoms with van der Waals surface area (Å²) in [6.45, 7) is 0. The minimum absolute atomic E-state index is 0.0746. The summed E-state index contributed by atoms with van der Waals surface area (Å²) >= 11 is 0. The van der Waals surface area contributed by atoms with E-state index in [0.717, 1.165) is 0 Å². The molecule has 0 aliphatic heterocycles. The maximum atomic E-state index is 12.6. The molecule has 2 rings (SSSR count). The predicted molar refractivity (Wildman–Crippen MR) is 82.9 cm³/mol. The number of aromatic carboxylic acids is 1. The van der Waals surface area contributed by atoms with Crippen molar-refractivity contribution in [3.63, 3.8) is 0 Å². The van der Waals surface area contributed by atoms with Gasteiger partial charge in [-0.05, 0) is 36.4 Å². The van der Waals surface area contributed by atoms with Crippen LogP contribution in [0.15, 0.2) is 36.4 Å². The maximum absolute atomic E-state index is 12.6. The highest BCUT2D eigenvalue weighted by atomic mass is 16.5. The van der Waals surface area contributed by atoms with Crippen molar-refractivity contribution >= 4 is 11.8 Å².